The van der Waals surface area contributed by atoms with Gasteiger partial charge in [-0.25, -0.2) is 12.8 Å². The van der Waals surface area contributed by atoms with Crippen LogP contribution in [0.2, 0.25) is 0 Å². The number of sulfone groups is 1. The fourth-order valence-electron chi connectivity index (χ4n) is 6.12. The van der Waals surface area contributed by atoms with E-state index in [1.165, 1.54) is 23.1 Å². The maximum absolute atomic E-state index is 14.8. The monoisotopic (exact) mass is 551 g/mol. The Morgan fingerprint density at radius 2 is 1.74 bits per heavy atom. The molecule has 2 bridgehead atoms. The summed E-state index contributed by atoms with van der Waals surface area (Å²) in [6.07, 6.45) is -2.26. The molecule has 0 radical (unpaired) electrons. The van der Waals surface area contributed by atoms with Crippen molar-refractivity contribution in [2.45, 2.75) is 42.0 Å². The van der Waals surface area contributed by atoms with E-state index in [0.29, 0.717) is 24.6 Å². The van der Waals surface area contributed by atoms with E-state index in [2.05, 4.69) is 10.6 Å². The van der Waals surface area contributed by atoms with Gasteiger partial charge in [0, 0.05) is 30.6 Å². The van der Waals surface area contributed by atoms with E-state index < -0.39 is 51.3 Å². The molecule has 12 heteroatoms. The SMILES string of the molecule is CNc1ccc(S(C)(=O)=O)cc1C(=O)N1[C@@H]2C3C([C@@H]32)[C@@H]1C(=O)N[C@@H](c1ccc(C(F)(F)F)cc1F)C1CC1. The number of fused-ring (bicyclic) bond motifs is 1. The predicted octanol–water partition coefficient (Wildman–Crippen LogP) is 3.63. The van der Waals surface area contributed by atoms with Crippen LogP contribution < -0.4 is 10.6 Å². The number of hydrogen-bond acceptors (Lipinski definition) is 5. The fraction of sp³-hybridized carbons (Fsp3) is 0.462. The summed E-state index contributed by atoms with van der Waals surface area (Å²) in [7, 11) is -1.98. The van der Waals surface area contributed by atoms with Crippen molar-refractivity contribution in [2.75, 3.05) is 18.6 Å². The average Bonchev–Trinajstić information content (AvgIpc) is 3.79. The number of piperidine rings is 1. The number of anilines is 1. The first-order valence-electron chi connectivity index (χ1n) is 12.3. The standard InChI is InChI=1S/C26H25F4N3O4S/c1-31-17-8-6-13(38(2,36)37)10-15(17)25(35)33-22-18-19(22)20(18)23(33)24(34)32-21(11-3-4-11)14-7-5-12(9-16(14)27)26(28,29)30/h5-11,18-23,31H,3-4H2,1-2H3,(H,32,34)/t18-,19?,20?,21-,22+,23-/m1/s1. The van der Waals surface area contributed by atoms with Crippen molar-refractivity contribution < 1.29 is 35.6 Å². The molecule has 3 aliphatic carbocycles. The largest absolute Gasteiger partial charge is 0.416 e. The van der Waals surface area contributed by atoms with Gasteiger partial charge in [0.25, 0.3) is 5.91 Å². The van der Waals surface area contributed by atoms with Crippen LogP contribution in [0.25, 0.3) is 0 Å². The summed E-state index contributed by atoms with van der Waals surface area (Å²) in [5.41, 5.74) is -0.563. The Balaban J connectivity index is 1.28. The molecule has 2 aliphatic heterocycles. The Bertz CT molecular complexity index is 1460. The summed E-state index contributed by atoms with van der Waals surface area (Å²) >= 11 is 0. The molecule has 2 saturated heterocycles. The zero-order valence-electron chi connectivity index (χ0n) is 20.4. The zero-order valence-corrected chi connectivity index (χ0v) is 21.2. The lowest BCUT2D eigenvalue weighted by Crippen LogP contribution is -2.47. The second-order valence-electron chi connectivity index (χ2n) is 10.7. The van der Waals surface area contributed by atoms with Crippen molar-refractivity contribution in [1.82, 2.24) is 10.2 Å². The summed E-state index contributed by atoms with van der Waals surface area (Å²) in [6.45, 7) is 0. The topological polar surface area (TPSA) is 95.6 Å². The van der Waals surface area contributed by atoms with E-state index in [1.807, 2.05) is 0 Å². The van der Waals surface area contributed by atoms with Crippen LogP contribution in [0.15, 0.2) is 41.3 Å². The van der Waals surface area contributed by atoms with Gasteiger partial charge < -0.3 is 15.5 Å². The second kappa shape index (κ2) is 8.17. The van der Waals surface area contributed by atoms with Crippen LogP contribution in [0, 0.1) is 29.5 Å². The number of nitrogens with zero attached hydrogens (tertiary/aromatic N) is 1. The molecule has 2 unspecified atom stereocenters. The number of carbonyl (C=O) groups is 2. The van der Waals surface area contributed by atoms with E-state index in [9.17, 15) is 35.6 Å². The minimum Gasteiger partial charge on any atom is -0.387 e. The molecule has 2 N–H and O–H groups in total. The van der Waals surface area contributed by atoms with Gasteiger partial charge in [0.15, 0.2) is 9.84 Å². The quantitative estimate of drug-likeness (QED) is 0.513. The van der Waals surface area contributed by atoms with Gasteiger partial charge in [0.05, 0.1) is 22.1 Å². The molecular weight excluding hydrogens is 526 g/mol. The third-order valence-electron chi connectivity index (χ3n) is 8.30. The third-order valence-corrected chi connectivity index (χ3v) is 9.41. The highest BCUT2D eigenvalue weighted by atomic mass is 32.2. The van der Waals surface area contributed by atoms with Crippen LogP contribution in [0.4, 0.5) is 23.2 Å². The number of rotatable bonds is 7. The number of amides is 2. The number of benzene rings is 2. The highest BCUT2D eigenvalue weighted by molar-refractivity contribution is 7.90. The van der Waals surface area contributed by atoms with Gasteiger partial charge in [-0.05, 0) is 66.8 Å². The van der Waals surface area contributed by atoms with E-state index >= 15 is 0 Å². The van der Waals surface area contributed by atoms with E-state index in [1.54, 1.807) is 7.05 Å². The molecule has 6 atom stereocenters. The fourth-order valence-corrected chi connectivity index (χ4v) is 6.77. The predicted molar refractivity (Wildman–Crippen MR) is 128 cm³/mol. The molecule has 2 amide bonds. The van der Waals surface area contributed by atoms with Crippen molar-refractivity contribution in [3.63, 3.8) is 0 Å². The summed E-state index contributed by atoms with van der Waals surface area (Å²) in [5.74, 6) is -1.72. The van der Waals surface area contributed by atoms with Crippen LogP contribution in [0.5, 0.6) is 0 Å². The minimum atomic E-state index is -4.69. The number of hydrogen-bond donors (Lipinski definition) is 2. The Kier molecular flexibility index (Phi) is 5.41. The van der Waals surface area contributed by atoms with Crippen LogP contribution in [-0.2, 0) is 20.8 Å². The van der Waals surface area contributed by atoms with Crippen molar-refractivity contribution in [2.24, 2.45) is 23.7 Å². The lowest BCUT2D eigenvalue weighted by molar-refractivity contribution is -0.137. The normalized spacial score (nSPS) is 27.9. The summed E-state index contributed by atoms with van der Waals surface area (Å²) < 4.78 is 78.1. The van der Waals surface area contributed by atoms with Crippen molar-refractivity contribution in [3.05, 3.63) is 58.9 Å². The molecule has 0 aromatic heterocycles. The first kappa shape index (κ1) is 25.1. The Morgan fingerprint density at radius 1 is 1.05 bits per heavy atom. The summed E-state index contributed by atoms with van der Waals surface area (Å²) in [6, 6.07) is 4.78. The molecule has 0 spiro atoms. The molecule has 202 valence electrons. The minimum absolute atomic E-state index is 0.0114. The Labute approximate surface area is 216 Å². The highest BCUT2D eigenvalue weighted by Gasteiger charge is 2.86. The molecule has 2 aromatic rings. The molecule has 5 aliphatic rings. The molecule has 5 fully saturated rings. The molecular formula is C26H25F4N3O4S. The lowest BCUT2D eigenvalue weighted by atomic mass is 9.98. The number of nitrogens with one attached hydrogen (secondary N) is 2. The van der Waals surface area contributed by atoms with Gasteiger partial charge >= 0.3 is 6.18 Å². The van der Waals surface area contributed by atoms with Crippen molar-refractivity contribution >= 4 is 27.3 Å². The van der Waals surface area contributed by atoms with E-state index in [-0.39, 0.29) is 45.7 Å². The maximum atomic E-state index is 14.8. The highest BCUT2D eigenvalue weighted by Crippen LogP contribution is 2.78. The first-order valence-corrected chi connectivity index (χ1v) is 14.2. The molecule has 2 heterocycles. The van der Waals surface area contributed by atoms with Gasteiger partial charge in [-0.3, -0.25) is 9.59 Å². The van der Waals surface area contributed by atoms with Crippen LogP contribution >= 0.6 is 0 Å². The zero-order chi connectivity index (χ0) is 27.3. The lowest BCUT2D eigenvalue weighted by Gasteiger charge is -2.27. The number of carbonyl (C=O) groups excluding carboxylic acids is 2. The molecule has 7 nitrogen and oxygen atoms in total. The van der Waals surface area contributed by atoms with Crippen LogP contribution in [0.1, 0.15) is 40.4 Å². The number of alkyl halides is 3. The van der Waals surface area contributed by atoms with E-state index in [0.717, 1.165) is 18.4 Å². The summed E-state index contributed by atoms with van der Waals surface area (Å²) in [4.78, 5) is 28.7. The third kappa shape index (κ3) is 3.95. The number of halogens is 4. The van der Waals surface area contributed by atoms with Crippen molar-refractivity contribution in [1.29, 1.82) is 0 Å². The summed E-state index contributed by atoms with van der Waals surface area (Å²) in [5, 5.41) is 5.73. The van der Waals surface area contributed by atoms with Gasteiger partial charge in [-0.1, -0.05) is 6.07 Å². The molecule has 3 saturated carbocycles. The van der Waals surface area contributed by atoms with Crippen LogP contribution in [-0.4, -0.2) is 50.5 Å². The molecule has 7 rings (SSSR count). The first-order chi connectivity index (χ1) is 17.8. The Morgan fingerprint density at radius 3 is 2.29 bits per heavy atom. The molecule has 2 aromatic carbocycles. The Hall–Kier alpha value is -3.15. The van der Waals surface area contributed by atoms with Crippen LogP contribution in [0.3, 0.4) is 0 Å². The second-order valence-corrected chi connectivity index (χ2v) is 12.7. The van der Waals surface area contributed by atoms with Gasteiger partial charge in [-0.2, -0.15) is 13.2 Å². The van der Waals surface area contributed by atoms with Crippen molar-refractivity contribution in [3.8, 4) is 0 Å². The van der Waals surface area contributed by atoms with Gasteiger partial charge in [0.1, 0.15) is 11.9 Å². The van der Waals surface area contributed by atoms with Gasteiger partial charge in [0.2, 0.25) is 5.91 Å². The van der Waals surface area contributed by atoms with Gasteiger partial charge in [-0.15, -0.1) is 0 Å². The maximum Gasteiger partial charge on any atom is 0.416 e. The van der Waals surface area contributed by atoms with E-state index in [4.69, 9.17) is 0 Å². The average molecular weight is 552 g/mol. The molecule has 38 heavy (non-hydrogen) atoms. The smallest absolute Gasteiger partial charge is 0.387 e.